The fourth-order valence-corrected chi connectivity index (χ4v) is 8.87. The van der Waals surface area contributed by atoms with Gasteiger partial charge in [-0.2, -0.15) is 13.2 Å². The Morgan fingerprint density at radius 2 is 1.71 bits per heavy atom. The third-order valence-electron chi connectivity index (χ3n) is 8.13. The molecule has 1 amide bonds. The number of amides is 1. The number of hydrogen-bond donors (Lipinski definition) is 1. The normalized spacial score (nSPS) is 20.6. The van der Waals surface area contributed by atoms with Gasteiger partial charge in [0.15, 0.2) is 9.84 Å². The minimum Gasteiger partial charge on any atom is -0.455 e. The van der Waals surface area contributed by atoms with E-state index >= 15 is 0 Å². The van der Waals surface area contributed by atoms with Gasteiger partial charge in [0.25, 0.3) is 5.91 Å². The van der Waals surface area contributed by atoms with Crippen LogP contribution in [0.2, 0.25) is 0 Å². The monoisotopic (exact) mass is 675 g/mol. The molecule has 2 aliphatic heterocycles. The molecule has 0 aliphatic carbocycles. The van der Waals surface area contributed by atoms with Crippen LogP contribution >= 0.6 is 0 Å². The number of carbonyl (C=O) groups is 1. The van der Waals surface area contributed by atoms with Crippen LogP contribution in [0, 0.1) is 5.82 Å². The van der Waals surface area contributed by atoms with E-state index in [9.17, 15) is 39.2 Å². The van der Waals surface area contributed by atoms with E-state index in [4.69, 9.17) is 9.15 Å². The number of nitrogens with zero attached hydrogens (tertiary/aromatic N) is 2. The van der Waals surface area contributed by atoms with Gasteiger partial charge in [-0.3, -0.25) is 14.0 Å². The first-order chi connectivity index (χ1) is 21.0. The zero-order valence-corrected chi connectivity index (χ0v) is 26.4. The number of alkyl halides is 3. The van der Waals surface area contributed by atoms with E-state index in [-0.39, 0.29) is 55.1 Å². The molecule has 3 heterocycles. The molecule has 0 unspecified atom stereocenters. The average molecular weight is 676 g/mol. The van der Waals surface area contributed by atoms with Crippen LogP contribution in [0.1, 0.15) is 41.8 Å². The van der Waals surface area contributed by atoms with Gasteiger partial charge < -0.3 is 14.5 Å². The average Bonchev–Trinajstić information content (AvgIpc) is 3.25. The molecule has 2 aromatic carbocycles. The molecule has 0 radical (unpaired) electrons. The lowest BCUT2D eigenvalue weighted by Crippen LogP contribution is -2.46. The number of ether oxygens (including phenoxy) is 1. The van der Waals surface area contributed by atoms with Crippen LogP contribution < -0.4 is 9.62 Å². The summed E-state index contributed by atoms with van der Waals surface area (Å²) in [5.74, 6) is -1.37. The van der Waals surface area contributed by atoms with Crippen molar-refractivity contribution in [3.05, 3.63) is 53.3 Å². The molecule has 2 atom stereocenters. The van der Waals surface area contributed by atoms with E-state index < -0.39 is 67.5 Å². The van der Waals surface area contributed by atoms with Gasteiger partial charge in [0.05, 0.1) is 53.8 Å². The summed E-state index contributed by atoms with van der Waals surface area (Å²) in [7, 11) is -6.45. The zero-order valence-electron chi connectivity index (χ0n) is 24.7. The van der Waals surface area contributed by atoms with E-state index in [1.54, 1.807) is 13.0 Å². The maximum atomic E-state index is 13.6. The first-order valence-electron chi connectivity index (χ1n) is 14.2. The van der Waals surface area contributed by atoms with E-state index in [0.29, 0.717) is 16.5 Å². The molecule has 45 heavy (non-hydrogen) atoms. The quantitative estimate of drug-likeness (QED) is 0.369. The van der Waals surface area contributed by atoms with Crippen LogP contribution in [-0.2, 0) is 24.6 Å². The lowest BCUT2D eigenvalue weighted by Gasteiger charge is -2.33. The summed E-state index contributed by atoms with van der Waals surface area (Å²) in [6.45, 7) is 0.117. The Balaban J connectivity index is 1.48. The number of carbonyl (C=O) groups excluding carboxylic acids is 1. The lowest BCUT2D eigenvalue weighted by atomic mass is 10.0. The maximum Gasteiger partial charge on any atom is 0.401 e. The molecule has 0 saturated carbocycles. The Morgan fingerprint density at radius 3 is 2.29 bits per heavy atom. The van der Waals surface area contributed by atoms with E-state index in [2.05, 4.69) is 5.32 Å². The minimum absolute atomic E-state index is 0.0196. The Kier molecular flexibility index (Phi) is 8.98. The third kappa shape index (κ3) is 7.13. The van der Waals surface area contributed by atoms with Gasteiger partial charge in [-0.05, 0) is 63.2 Å². The number of furan rings is 1. The second-order valence-corrected chi connectivity index (χ2v) is 15.6. The Labute approximate surface area is 258 Å². The molecule has 0 spiro atoms. The molecule has 1 N–H and O–H groups in total. The Hall–Kier alpha value is -3.21. The molecule has 2 aliphatic rings. The molecule has 0 bridgehead atoms. The van der Waals surface area contributed by atoms with Gasteiger partial charge in [-0.25, -0.2) is 21.2 Å². The number of sulfone groups is 1. The fourth-order valence-electron chi connectivity index (χ4n) is 6.02. The number of fused-ring (bicyclic) bond motifs is 2. The summed E-state index contributed by atoms with van der Waals surface area (Å²) in [4.78, 5) is 14.2. The van der Waals surface area contributed by atoms with Crippen molar-refractivity contribution in [2.75, 3.05) is 49.5 Å². The molecular weight excluding hydrogens is 642 g/mol. The summed E-state index contributed by atoms with van der Waals surface area (Å²) in [5.41, 5.74) is 1.27. The van der Waals surface area contributed by atoms with Crippen LogP contribution in [0.15, 0.2) is 40.8 Å². The highest BCUT2D eigenvalue weighted by Gasteiger charge is 2.39. The maximum absolute atomic E-state index is 13.6. The highest BCUT2D eigenvalue weighted by Crippen LogP contribution is 2.42. The van der Waals surface area contributed by atoms with Crippen molar-refractivity contribution in [1.82, 2.24) is 10.2 Å². The third-order valence-corrected chi connectivity index (χ3v) is 11.6. The van der Waals surface area contributed by atoms with Gasteiger partial charge in [0.2, 0.25) is 10.0 Å². The second kappa shape index (κ2) is 12.2. The van der Waals surface area contributed by atoms with Crippen LogP contribution in [0.3, 0.4) is 0 Å². The van der Waals surface area contributed by atoms with Crippen molar-refractivity contribution in [2.24, 2.45) is 0 Å². The lowest BCUT2D eigenvalue weighted by molar-refractivity contribution is -0.147. The van der Waals surface area contributed by atoms with Gasteiger partial charge in [0.1, 0.15) is 17.2 Å². The molecule has 10 nitrogen and oxygen atoms in total. The highest BCUT2D eigenvalue weighted by atomic mass is 32.2. The summed E-state index contributed by atoms with van der Waals surface area (Å²) in [6.07, 6.45) is -5.30. The van der Waals surface area contributed by atoms with E-state index in [1.165, 1.54) is 42.3 Å². The summed E-state index contributed by atoms with van der Waals surface area (Å²) >= 11 is 0. The number of anilines is 1. The molecule has 1 fully saturated rings. The molecule has 16 heteroatoms. The fraction of sp³-hybridized carbons (Fsp3) is 0.483. The SMILES string of the molecule is CNC(=O)c1c(-c2ccc(F)cc2)oc2cc3c(cc12)[C@H](C)O[C@H](CS(=O)(=O)C1CCN(CC(F)(F)F)CC1)CN3S(C)(=O)=O. The number of likely N-dealkylation sites (tertiary alicyclic amines) is 1. The number of rotatable bonds is 7. The first-order valence-corrected chi connectivity index (χ1v) is 17.8. The van der Waals surface area contributed by atoms with E-state index in [1.807, 2.05) is 0 Å². The highest BCUT2D eigenvalue weighted by molar-refractivity contribution is 7.92. The smallest absolute Gasteiger partial charge is 0.401 e. The molecule has 246 valence electrons. The number of benzene rings is 2. The summed E-state index contributed by atoms with van der Waals surface area (Å²) in [6, 6.07) is 8.36. The number of sulfonamides is 1. The first kappa shape index (κ1) is 33.2. The number of nitrogens with one attached hydrogen (secondary N) is 1. The van der Waals surface area contributed by atoms with Crippen molar-refractivity contribution in [1.29, 1.82) is 0 Å². The largest absolute Gasteiger partial charge is 0.455 e. The predicted octanol–water partition coefficient (Wildman–Crippen LogP) is 4.27. The van der Waals surface area contributed by atoms with Crippen LogP contribution in [0.5, 0.6) is 0 Å². The second-order valence-electron chi connectivity index (χ2n) is 11.4. The van der Waals surface area contributed by atoms with Crippen molar-refractivity contribution >= 4 is 42.4 Å². The van der Waals surface area contributed by atoms with Crippen molar-refractivity contribution in [3.63, 3.8) is 0 Å². The van der Waals surface area contributed by atoms with Crippen LogP contribution in [0.4, 0.5) is 23.2 Å². The van der Waals surface area contributed by atoms with Gasteiger partial charge >= 0.3 is 6.18 Å². The molecular formula is C29H33F4N3O7S2. The Morgan fingerprint density at radius 1 is 1.07 bits per heavy atom. The molecule has 5 rings (SSSR count). The standard InChI is InChI=1S/C29H33F4N3O7S2/c1-17-22-12-23-25(43-27(26(23)28(37)34-2)18-4-6-19(30)7-5-18)13-24(22)36(44(3,38)39)14-20(42-17)15-45(40,41)21-8-10-35(11-9-21)16-29(31,32)33/h4-7,12-13,17,20-21H,8-11,14-16H2,1-3H3,(H,34,37)/t17-,20-/m0/s1. The van der Waals surface area contributed by atoms with Crippen LogP contribution in [-0.4, -0.2) is 90.4 Å². The number of hydrogen-bond acceptors (Lipinski definition) is 8. The van der Waals surface area contributed by atoms with Gasteiger partial charge in [0, 0.05) is 29.6 Å². The number of halogens is 4. The van der Waals surface area contributed by atoms with Gasteiger partial charge in [-0.15, -0.1) is 0 Å². The topological polar surface area (TPSA) is 126 Å². The van der Waals surface area contributed by atoms with Crippen molar-refractivity contribution < 1.29 is 48.3 Å². The molecule has 1 aromatic heterocycles. The summed E-state index contributed by atoms with van der Waals surface area (Å²) < 4.78 is 118. The van der Waals surface area contributed by atoms with Crippen LogP contribution in [0.25, 0.3) is 22.3 Å². The predicted molar refractivity (Wildman–Crippen MR) is 160 cm³/mol. The minimum atomic E-state index is -4.38. The summed E-state index contributed by atoms with van der Waals surface area (Å²) in [5, 5.41) is 2.01. The Bertz CT molecular complexity index is 1800. The van der Waals surface area contributed by atoms with Crippen molar-refractivity contribution in [3.8, 4) is 11.3 Å². The number of piperidine rings is 1. The van der Waals surface area contributed by atoms with E-state index in [0.717, 1.165) is 10.6 Å². The van der Waals surface area contributed by atoms with Crippen molar-refractivity contribution in [2.45, 2.75) is 43.4 Å². The molecule has 1 saturated heterocycles. The van der Waals surface area contributed by atoms with Gasteiger partial charge in [-0.1, -0.05) is 0 Å². The molecule has 3 aromatic rings. The zero-order chi connectivity index (χ0) is 32.9.